The first kappa shape index (κ1) is 14.5. The van der Waals surface area contributed by atoms with Gasteiger partial charge in [-0.1, -0.05) is 6.07 Å². The van der Waals surface area contributed by atoms with E-state index in [1.165, 1.54) is 5.56 Å². The molecule has 0 aliphatic carbocycles. The average molecular weight is 289 g/mol. The van der Waals surface area contributed by atoms with Gasteiger partial charge in [-0.25, -0.2) is 4.79 Å². The minimum atomic E-state index is -0.851. The predicted molar refractivity (Wildman–Crippen MR) is 80.6 cm³/mol. The molecule has 1 atom stereocenters. The molecular formula is C17H23NO3. The highest BCUT2D eigenvalue weighted by molar-refractivity contribution is 5.87. The van der Waals surface area contributed by atoms with E-state index in [4.69, 9.17) is 9.84 Å². The summed E-state index contributed by atoms with van der Waals surface area (Å²) in [5.74, 6) is -0.851. The van der Waals surface area contributed by atoms with Gasteiger partial charge in [-0.15, -0.1) is 0 Å². The normalized spacial score (nSPS) is 24.8. The van der Waals surface area contributed by atoms with Crippen LogP contribution in [0.5, 0.6) is 0 Å². The number of nitrogens with zero attached hydrogens (tertiary/aromatic N) is 1. The van der Waals surface area contributed by atoms with Crippen molar-refractivity contribution in [2.24, 2.45) is 0 Å². The number of carboxylic acid groups (broad SMARTS) is 1. The number of hydrogen-bond donors (Lipinski definition) is 1. The topological polar surface area (TPSA) is 49.8 Å². The van der Waals surface area contributed by atoms with Crippen LogP contribution in [-0.4, -0.2) is 40.8 Å². The van der Waals surface area contributed by atoms with Crippen molar-refractivity contribution in [1.29, 1.82) is 0 Å². The Kier molecular flexibility index (Phi) is 3.76. The maximum Gasteiger partial charge on any atom is 0.335 e. The van der Waals surface area contributed by atoms with Gasteiger partial charge in [0.15, 0.2) is 0 Å². The number of benzene rings is 1. The zero-order valence-electron chi connectivity index (χ0n) is 12.8. The van der Waals surface area contributed by atoms with Gasteiger partial charge in [-0.2, -0.15) is 0 Å². The van der Waals surface area contributed by atoms with Gasteiger partial charge in [-0.05, 0) is 56.4 Å². The summed E-state index contributed by atoms with van der Waals surface area (Å²) in [5, 5.41) is 9.11. The summed E-state index contributed by atoms with van der Waals surface area (Å²) >= 11 is 0. The standard InChI is InChI=1S/C17H23NO3/c1-17(2)7-5-15(21-17)11-18-8-6-12-3-4-13(16(19)20)9-14(12)10-18/h3-4,9,15H,5-8,10-11H2,1-2H3,(H,19,20). The molecule has 114 valence electrons. The zero-order chi connectivity index (χ0) is 15.0. The lowest BCUT2D eigenvalue weighted by Crippen LogP contribution is -2.37. The van der Waals surface area contributed by atoms with Crippen LogP contribution in [0.15, 0.2) is 18.2 Å². The fraction of sp³-hybridized carbons (Fsp3) is 0.588. The van der Waals surface area contributed by atoms with E-state index >= 15 is 0 Å². The third-order valence-electron chi connectivity index (χ3n) is 4.56. The van der Waals surface area contributed by atoms with Crippen molar-refractivity contribution in [3.63, 3.8) is 0 Å². The van der Waals surface area contributed by atoms with Crippen LogP contribution in [-0.2, 0) is 17.7 Å². The van der Waals surface area contributed by atoms with E-state index in [1.54, 1.807) is 6.07 Å². The molecule has 2 aliphatic heterocycles. The number of carboxylic acids is 1. The van der Waals surface area contributed by atoms with Gasteiger partial charge in [0, 0.05) is 19.6 Å². The van der Waals surface area contributed by atoms with Crippen molar-refractivity contribution in [2.45, 2.75) is 51.4 Å². The second-order valence-electron chi connectivity index (χ2n) is 6.81. The highest BCUT2D eigenvalue weighted by Crippen LogP contribution is 2.30. The number of hydrogen-bond acceptors (Lipinski definition) is 3. The van der Waals surface area contributed by atoms with E-state index in [-0.39, 0.29) is 5.60 Å². The number of ether oxygens (including phenoxy) is 1. The van der Waals surface area contributed by atoms with Crippen molar-refractivity contribution in [1.82, 2.24) is 4.90 Å². The van der Waals surface area contributed by atoms with Gasteiger partial charge >= 0.3 is 5.97 Å². The van der Waals surface area contributed by atoms with Crippen LogP contribution in [0.3, 0.4) is 0 Å². The monoisotopic (exact) mass is 289 g/mol. The fourth-order valence-corrected chi connectivity index (χ4v) is 3.40. The third-order valence-corrected chi connectivity index (χ3v) is 4.56. The SMILES string of the molecule is CC1(C)CCC(CN2CCc3ccc(C(=O)O)cc3C2)O1. The van der Waals surface area contributed by atoms with Crippen LogP contribution in [0.4, 0.5) is 0 Å². The summed E-state index contributed by atoms with van der Waals surface area (Å²) in [6.07, 6.45) is 3.53. The molecule has 1 aromatic carbocycles. The third kappa shape index (κ3) is 3.27. The molecule has 0 saturated carbocycles. The van der Waals surface area contributed by atoms with Crippen molar-refractivity contribution in [2.75, 3.05) is 13.1 Å². The second kappa shape index (κ2) is 5.43. The number of aromatic carboxylic acids is 1. The molecule has 1 saturated heterocycles. The van der Waals surface area contributed by atoms with Crippen LogP contribution in [0.25, 0.3) is 0 Å². The van der Waals surface area contributed by atoms with E-state index in [0.717, 1.165) is 44.5 Å². The molecule has 1 unspecified atom stereocenters. The Morgan fingerprint density at radius 1 is 1.43 bits per heavy atom. The molecular weight excluding hydrogens is 266 g/mol. The molecule has 0 aromatic heterocycles. The summed E-state index contributed by atoms with van der Waals surface area (Å²) < 4.78 is 6.07. The molecule has 1 fully saturated rings. The molecule has 1 N–H and O–H groups in total. The molecule has 0 amide bonds. The maximum atomic E-state index is 11.1. The molecule has 2 heterocycles. The van der Waals surface area contributed by atoms with Gasteiger partial charge in [0.2, 0.25) is 0 Å². The van der Waals surface area contributed by atoms with Crippen molar-refractivity contribution in [3.05, 3.63) is 34.9 Å². The molecule has 1 aromatic rings. The fourth-order valence-electron chi connectivity index (χ4n) is 3.40. The van der Waals surface area contributed by atoms with E-state index in [9.17, 15) is 4.79 Å². The Balaban J connectivity index is 1.66. The highest BCUT2D eigenvalue weighted by atomic mass is 16.5. The second-order valence-corrected chi connectivity index (χ2v) is 6.81. The Morgan fingerprint density at radius 3 is 2.90 bits per heavy atom. The van der Waals surface area contributed by atoms with Gasteiger partial charge in [0.1, 0.15) is 0 Å². The highest BCUT2D eigenvalue weighted by Gasteiger charge is 2.33. The first-order chi connectivity index (χ1) is 9.93. The summed E-state index contributed by atoms with van der Waals surface area (Å²) in [6.45, 7) is 7.10. The minimum Gasteiger partial charge on any atom is -0.478 e. The Labute approximate surface area is 125 Å². The average Bonchev–Trinajstić information content (AvgIpc) is 2.77. The largest absolute Gasteiger partial charge is 0.478 e. The molecule has 21 heavy (non-hydrogen) atoms. The summed E-state index contributed by atoms with van der Waals surface area (Å²) in [5.41, 5.74) is 2.82. The minimum absolute atomic E-state index is 0.00877. The molecule has 0 radical (unpaired) electrons. The molecule has 0 bridgehead atoms. The summed E-state index contributed by atoms with van der Waals surface area (Å²) in [7, 11) is 0. The Hall–Kier alpha value is -1.39. The van der Waals surface area contributed by atoms with Crippen LogP contribution in [0.2, 0.25) is 0 Å². The zero-order valence-corrected chi connectivity index (χ0v) is 12.8. The summed E-state index contributed by atoms with van der Waals surface area (Å²) in [6, 6.07) is 5.49. The Morgan fingerprint density at radius 2 is 2.24 bits per heavy atom. The number of carbonyl (C=O) groups is 1. The number of fused-ring (bicyclic) bond motifs is 1. The lowest BCUT2D eigenvalue weighted by Gasteiger charge is -2.31. The van der Waals surface area contributed by atoms with E-state index < -0.39 is 5.97 Å². The van der Waals surface area contributed by atoms with Crippen LogP contribution < -0.4 is 0 Å². The van der Waals surface area contributed by atoms with E-state index in [1.807, 2.05) is 12.1 Å². The van der Waals surface area contributed by atoms with Gasteiger partial charge in [0.25, 0.3) is 0 Å². The molecule has 0 spiro atoms. The first-order valence-corrected chi connectivity index (χ1v) is 7.68. The summed E-state index contributed by atoms with van der Waals surface area (Å²) in [4.78, 5) is 13.5. The smallest absolute Gasteiger partial charge is 0.335 e. The van der Waals surface area contributed by atoms with Crippen LogP contribution in [0, 0.1) is 0 Å². The van der Waals surface area contributed by atoms with Gasteiger partial charge in [0.05, 0.1) is 17.3 Å². The van der Waals surface area contributed by atoms with Crippen LogP contribution >= 0.6 is 0 Å². The lowest BCUT2D eigenvalue weighted by atomic mass is 9.97. The molecule has 4 heteroatoms. The van der Waals surface area contributed by atoms with Gasteiger partial charge in [-0.3, -0.25) is 4.90 Å². The van der Waals surface area contributed by atoms with Crippen molar-refractivity contribution >= 4 is 5.97 Å². The lowest BCUT2D eigenvalue weighted by molar-refractivity contribution is -0.0301. The van der Waals surface area contributed by atoms with E-state index in [0.29, 0.717) is 11.7 Å². The van der Waals surface area contributed by atoms with Crippen molar-refractivity contribution < 1.29 is 14.6 Å². The molecule has 2 aliphatic rings. The molecule has 4 nitrogen and oxygen atoms in total. The van der Waals surface area contributed by atoms with E-state index in [2.05, 4.69) is 18.7 Å². The number of rotatable bonds is 3. The van der Waals surface area contributed by atoms with Crippen molar-refractivity contribution in [3.8, 4) is 0 Å². The Bertz CT molecular complexity index is 553. The maximum absolute atomic E-state index is 11.1. The molecule has 3 rings (SSSR count). The van der Waals surface area contributed by atoms with Crippen LogP contribution in [0.1, 0.15) is 48.2 Å². The quantitative estimate of drug-likeness (QED) is 0.929. The first-order valence-electron chi connectivity index (χ1n) is 7.68. The van der Waals surface area contributed by atoms with Gasteiger partial charge < -0.3 is 9.84 Å². The predicted octanol–water partition coefficient (Wildman–Crippen LogP) is 2.70.